The molecule has 3 aromatic carbocycles. The molecular formula is C27H28N2O6. The van der Waals surface area contributed by atoms with Gasteiger partial charge in [0.1, 0.15) is 12.4 Å². The predicted octanol–water partition coefficient (Wildman–Crippen LogP) is 4.07. The number of rotatable bonds is 6. The molecule has 0 saturated carbocycles. The monoisotopic (exact) mass is 476 g/mol. The second-order valence-corrected chi connectivity index (χ2v) is 9.04. The summed E-state index contributed by atoms with van der Waals surface area (Å²) >= 11 is 0. The van der Waals surface area contributed by atoms with E-state index in [1.54, 1.807) is 31.9 Å². The van der Waals surface area contributed by atoms with Gasteiger partial charge in [-0.2, -0.15) is 0 Å². The van der Waals surface area contributed by atoms with Crippen molar-refractivity contribution in [2.75, 3.05) is 47.3 Å². The highest BCUT2D eigenvalue weighted by atomic mass is 16.7. The number of nitrogens with zero attached hydrogens (tertiary/aromatic N) is 2. The standard InChI is InChI=1S/C27H28N2O6/c1-28-26-18(16-10-22(31-2)23(32-3)14-20(16)27(28)30)12-21(33-9-8-29-6-4-5-7-29)17-11-24-25(13-19(17)26)35-15-34-24/h10-14H,4-9,15H2,1-3H3. The number of aromatic nitrogens is 1. The third kappa shape index (κ3) is 3.51. The van der Waals surface area contributed by atoms with Gasteiger partial charge in [0.25, 0.3) is 5.56 Å². The Hall–Kier alpha value is -3.65. The second-order valence-electron chi connectivity index (χ2n) is 9.04. The molecule has 1 aromatic heterocycles. The van der Waals surface area contributed by atoms with E-state index in [1.807, 2.05) is 24.3 Å². The Kier molecular flexibility index (Phi) is 5.33. The zero-order valence-electron chi connectivity index (χ0n) is 20.2. The Morgan fingerprint density at radius 1 is 0.800 bits per heavy atom. The van der Waals surface area contributed by atoms with Crippen molar-refractivity contribution in [1.82, 2.24) is 9.47 Å². The van der Waals surface area contributed by atoms with Gasteiger partial charge < -0.3 is 28.3 Å². The van der Waals surface area contributed by atoms with Crippen molar-refractivity contribution in [3.8, 4) is 28.7 Å². The number of ether oxygens (including phenoxy) is 5. The molecule has 0 radical (unpaired) electrons. The lowest BCUT2D eigenvalue weighted by Crippen LogP contribution is -2.25. The SMILES string of the molecule is COc1cc2c(=O)n(C)c3c4cc5c(cc4c(OCCN4CCCC4)cc3c2cc1OC)OCO5. The number of methoxy groups -OCH3 is 2. The molecule has 0 bridgehead atoms. The van der Waals surface area contributed by atoms with Crippen molar-refractivity contribution in [1.29, 1.82) is 0 Å². The molecule has 182 valence electrons. The summed E-state index contributed by atoms with van der Waals surface area (Å²) in [7, 11) is 4.95. The van der Waals surface area contributed by atoms with Crippen molar-refractivity contribution >= 4 is 32.4 Å². The lowest BCUT2D eigenvalue weighted by molar-refractivity contribution is 0.174. The van der Waals surface area contributed by atoms with Gasteiger partial charge in [-0.3, -0.25) is 9.69 Å². The molecule has 8 heteroatoms. The van der Waals surface area contributed by atoms with E-state index in [2.05, 4.69) is 4.90 Å². The maximum absolute atomic E-state index is 13.5. The maximum Gasteiger partial charge on any atom is 0.258 e. The number of benzene rings is 3. The van der Waals surface area contributed by atoms with Gasteiger partial charge in [-0.15, -0.1) is 0 Å². The maximum atomic E-state index is 13.5. The molecule has 0 amide bonds. The first-order chi connectivity index (χ1) is 17.1. The minimum atomic E-state index is -0.116. The van der Waals surface area contributed by atoms with Gasteiger partial charge in [-0.05, 0) is 56.3 Å². The number of likely N-dealkylation sites (tertiary alicyclic amines) is 1. The summed E-state index contributed by atoms with van der Waals surface area (Å²) in [5.41, 5.74) is 0.685. The number of aryl methyl sites for hydroxylation is 1. The molecule has 1 saturated heterocycles. The molecule has 2 aliphatic heterocycles. The molecular weight excluding hydrogens is 448 g/mol. The van der Waals surface area contributed by atoms with Gasteiger partial charge in [-0.1, -0.05) is 0 Å². The predicted molar refractivity (Wildman–Crippen MR) is 135 cm³/mol. The fraction of sp³-hybridized carbons (Fsp3) is 0.370. The average Bonchev–Trinajstić information content (AvgIpc) is 3.56. The summed E-state index contributed by atoms with van der Waals surface area (Å²) in [6.07, 6.45) is 2.49. The van der Waals surface area contributed by atoms with Crippen LogP contribution in [0.4, 0.5) is 0 Å². The van der Waals surface area contributed by atoms with Gasteiger partial charge in [0, 0.05) is 35.1 Å². The Labute approximate surface area is 202 Å². The first-order valence-electron chi connectivity index (χ1n) is 11.9. The zero-order valence-corrected chi connectivity index (χ0v) is 20.2. The van der Waals surface area contributed by atoms with Crippen LogP contribution in [0.25, 0.3) is 32.4 Å². The molecule has 3 heterocycles. The molecule has 8 nitrogen and oxygen atoms in total. The molecule has 0 N–H and O–H groups in total. The third-order valence-electron chi connectivity index (χ3n) is 7.11. The van der Waals surface area contributed by atoms with Gasteiger partial charge in [0.2, 0.25) is 6.79 Å². The van der Waals surface area contributed by atoms with Gasteiger partial charge in [0.15, 0.2) is 23.0 Å². The van der Waals surface area contributed by atoms with Crippen LogP contribution in [-0.4, -0.2) is 56.7 Å². The third-order valence-corrected chi connectivity index (χ3v) is 7.11. The molecule has 35 heavy (non-hydrogen) atoms. The highest BCUT2D eigenvalue weighted by Crippen LogP contribution is 2.44. The van der Waals surface area contributed by atoms with E-state index in [0.717, 1.165) is 52.4 Å². The highest BCUT2D eigenvalue weighted by molar-refractivity contribution is 6.18. The average molecular weight is 477 g/mol. The van der Waals surface area contributed by atoms with Crippen LogP contribution in [0.5, 0.6) is 28.7 Å². The van der Waals surface area contributed by atoms with Crippen LogP contribution >= 0.6 is 0 Å². The second kappa shape index (κ2) is 8.53. The molecule has 0 spiro atoms. The quantitative estimate of drug-likeness (QED) is 0.389. The Bertz CT molecular complexity index is 1520. The van der Waals surface area contributed by atoms with Crippen LogP contribution in [0.1, 0.15) is 12.8 Å². The van der Waals surface area contributed by atoms with Crippen molar-refractivity contribution < 1.29 is 23.7 Å². The van der Waals surface area contributed by atoms with Crippen LogP contribution in [0, 0.1) is 0 Å². The van der Waals surface area contributed by atoms with E-state index in [-0.39, 0.29) is 12.4 Å². The number of pyridine rings is 1. The van der Waals surface area contributed by atoms with Crippen LogP contribution in [0.15, 0.2) is 35.1 Å². The van der Waals surface area contributed by atoms with E-state index in [0.29, 0.717) is 35.0 Å². The van der Waals surface area contributed by atoms with Crippen molar-refractivity contribution in [2.45, 2.75) is 12.8 Å². The van der Waals surface area contributed by atoms with Crippen molar-refractivity contribution in [2.24, 2.45) is 7.05 Å². The first kappa shape index (κ1) is 21.9. The minimum absolute atomic E-state index is 0.116. The van der Waals surface area contributed by atoms with E-state index in [9.17, 15) is 4.79 Å². The lowest BCUT2D eigenvalue weighted by atomic mass is 9.99. The first-order valence-corrected chi connectivity index (χ1v) is 11.9. The molecule has 0 aliphatic carbocycles. The Morgan fingerprint density at radius 2 is 1.40 bits per heavy atom. The Balaban J connectivity index is 1.62. The van der Waals surface area contributed by atoms with Crippen molar-refractivity contribution in [3.05, 3.63) is 40.7 Å². The minimum Gasteiger partial charge on any atom is -0.493 e. The summed E-state index contributed by atoms with van der Waals surface area (Å²) in [5.74, 6) is 3.17. The lowest BCUT2D eigenvalue weighted by Gasteiger charge is -2.19. The van der Waals surface area contributed by atoms with Gasteiger partial charge >= 0.3 is 0 Å². The molecule has 2 aliphatic rings. The molecule has 6 rings (SSSR count). The van der Waals surface area contributed by atoms with E-state index < -0.39 is 0 Å². The smallest absolute Gasteiger partial charge is 0.258 e. The zero-order chi connectivity index (χ0) is 24.1. The summed E-state index contributed by atoms with van der Waals surface area (Å²) < 4.78 is 30.4. The van der Waals surface area contributed by atoms with Crippen LogP contribution in [0.3, 0.4) is 0 Å². The van der Waals surface area contributed by atoms with Gasteiger partial charge in [-0.25, -0.2) is 0 Å². The fourth-order valence-electron chi connectivity index (χ4n) is 5.30. The van der Waals surface area contributed by atoms with Crippen molar-refractivity contribution in [3.63, 3.8) is 0 Å². The number of hydrogen-bond donors (Lipinski definition) is 0. The molecule has 0 unspecified atom stereocenters. The highest BCUT2D eigenvalue weighted by Gasteiger charge is 2.22. The molecule has 1 fully saturated rings. The van der Waals surface area contributed by atoms with Gasteiger partial charge in [0.05, 0.1) is 25.1 Å². The summed E-state index contributed by atoms with van der Waals surface area (Å²) in [5, 5.41) is 3.99. The van der Waals surface area contributed by atoms with Crippen LogP contribution in [-0.2, 0) is 7.05 Å². The summed E-state index contributed by atoms with van der Waals surface area (Å²) in [6, 6.07) is 9.53. The molecule has 4 aromatic rings. The van der Waals surface area contributed by atoms with E-state index in [4.69, 9.17) is 23.7 Å². The Morgan fingerprint density at radius 3 is 2.09 bits per heavy atom. The summed E-state index contributed by atoms with van der Waals surface area (Å²) in [4.78, 5) is 15.9. The number of fused-ring (bicyclic) bond motifs is 6. The molecule has 0 atom stereocenters. The topological polar surface area (TPSA) is 71.4 Å². The van der Waals surface area contributed by atoms with E-state index in [1.165, 1.54) is 12.8 Å². The van der Waals surface area contributed by atoms with E-state index >= 15 is 0 Å². The normalized spacial score (nSPS) is 15.4. The fourth-order valence-corrected chi connectivity index (χ4v) is 5.30. The summed E-state index contributed by atoms with van der Waals surface area (Å²) in [6.45, 7) is 3.87. The van der Waals surface area contributed by atoms with Crippen LogP contribution < -0.4 is 29.2 Å². The number of hydrogen-bond acceptors (Lipinski definition) is 7. The van der Waals surface area contributed by atoms with Crippen LogP contribution in [0.2, 0.25) is 0 Å². The largest absolute Gasteiger partial charge is 0.493 e.